The SMILES string of the molecule is CCC[N+]1(CC#CC(O)(c2ccccc2)C2(C)CCCC2)CCCCC1. The minimum absolute atomic E-state index is 0.140. The van der Waals surface area contributed by atoms with Gasteiger partial charge in [0.1, 0.15) is 6.54 Å². The van der Waals surface area contributed by atoms with E-state index in [1.165, 1.54) is 58.2 Å². The summed E-state index contributed by atoms with van der Waals surface area (Å²) >= 11 is 0. The molecule has 0 radical (unpaired) electrons. The van der Waals surface area contributed by atoms with Gasteiger partial charge in [-0.1, -0.05) is 62.9 Å². The number of hydrogen-bond donors (Lipinski definition) is 1. The Morgan fingerprint density at radius 3 is 2.31 bits per heavy atom. The first-order valence-corrected chi connectivity index (χ1v) is 10.7. The van der Waals surface area contributed by atoms with Crippen LogP contribution in [0, 0.1) is 17.3 Å². The molecule has 1 aliphatic heterocycles. The molecule has 1 atom stereocenters. The second-order valence-electron chi connectivity index (χ2n) is 8.88. The predicted octanol–water partition coefficient (Wildman–Crippen LogP) is 4.87. The van der Waals surface area contributed by atoms with Crippen molar-refractivity contribution in [1.82, 2.24) is 0 Å². The summed E-state index contributed by atoms with van der Waals surface area (Å²) in [5.41, 5.74) is -0.201. The van der Waals surface area contributed by atoms with Crippen LogP contribution >= 0.6 is 0 Å². The van der Waals surface area contributed by atoms with Crippen molar-refractivity contribution < 1.29 is 9.59 Å². The number of piperidine rings is 1. The lowest BCUT2D eigenvalue weighted by Crippen LogP contribution is -2.52. The van der Waals surface area contributed by atoms with Crippen LogP contribution in [0.5, 0.6) is 0 Å². The minimum atomic E-state index is -1.03. The van der Waals surface area contributed by atoms with E-state index in [1.807, 2.05) is 18.2 Å². The highest BCUT2D eigenvalue weighted by atomic mass is 16.3. The molecule has 2 fully saturated rings. The molecule has 0 aromatic heterocycles. The van der Waals surface area contributed by atoms with Crippen LogP contribution in [-0.2, 0) is 5.60 Å². The fraction of sp³-hybridized carbons (Fsp3) is 0.667. The lowest BCUT2D eigenvalue weighted by Gasteiger charge is -2.41. The van der Waals surface area contributed by atoms with E-state index in [0.29, 0.717) is 0 Å². The van der Waals surface area contributed by atoms with Gasteiger partial charge in [0.05, 0.1) is 19.6 Å². The van der Waals surface area contributed by atoms with E-state index >= 15 is 0 Å². The van der Waals surface area contributed by atoms with E-state index < -0.39 is 5.60 Å². The van der Waals surface area contributed by atoms with Gasteiger partial charge >= 0.3 is 0 Å². The van der Waals surface area contributed by atoms with Crippen LogP contribution in [-0.4, -0.2) is 35.8 Å². The molecule has 0 spiro atoms. The van der Waals surface area contributed by atoms with Crippen molar-refractivity contribution in [1.29, 1.82) is 0 Å². The highest BCUT2D eigenvalue weighted by Crippen LogP contribution is 2.50. The van der Waals surface area contributed by atoms with Crippen LogP contribution in [0.3, 0.4) is 0 Å². The highest BCUT2D eigenvalue weighted by molar-refractivity contribution is 5.35. The van der Waals surface area contributed by atoms with Gasteiger partial charge in [-0.15, -0.1) is 0 Å². The third-order valence-corrected chi connectivity index (χ3v) is 6.92. The van der Waals surface area contributed by atoms with Crippen molar-refractivity contribution in [2.24, 2.45) is 5.41 Å². The number of aliphatic hydroxyl groups is 1. The van der Waals surface area contributed by atoms with Gasteiger partial charge < -0.3 is 9.59 Å². The van der Waals surface area contributed by atoms with Crippen molar-refractivity contribution in [3.63, 3.8) is 0 Å². The molecule has 2 nitrogen and oxygen atoms in total. The quantitative estimate of drug-likeness (QED) is 0.591. The summed E-state index contributed by atoms with van der Waals surface area (Å²) in [7, 11) is 0. The summed E-state index contributed by atoms with van der Waals surface area (Å²) in [6.07, 6.45) is 9.73. The number of nitrogens with zero attached hydrogens (tertiary/aromatic N) is 1. The monoisotopic (exact) mass is 354 g/mol. The molecule has 0 bridgehead atoms. The second kappa shape index (κ2) is 8.15. The average molecular weight is 355 g/mol. The van der Waals surface area contributed by atoms with Gasteiger partial charge in [0.15, 0.2) is 5.60 Å². The Morgan fingerprint density at radius 1 is 1.04 bits per heavy atom. The highest BCUT2D eigenvalue weighted by Gasteiger charge is 2.48. The fourth-order valence-electron chi connectivity index (χ4n) is 5.22. The van der Waals surface area contributed by atoms with Crippen LogP contribution in [0.1, 0.15) is 70.8 Å². The smallest absolute Gasteiger partial charge is 0.156 e. The van der Waals surface area contributed by atoms with Gasteiger partial charge in [0.2, 0.25) is 0 Å². The van der Waals surface area contributed by atoms with Crippen molar-refractivity contribution in [3.05, 3.63) is 35.9 Å². The Bertz CT molecular complexity index is 624. The Kier molecular flexibility index (Phi) is 6.10. The molecular weight excluding hydrogens is 318 g/mol. The summed E-state index contributed by atoms with van der Waals surface area (Å²) in [4.78, 5) is 0. The molecule has 2 heteroatoms. The van der Waals surface area contributed by atoms with E-state index in [0.717, 1.165) is 29.4 Å². The number of likely N-dealkylation sites (tertiary alicyclic amines) is 1. The van der Waals surface area contributed by atoms with Crippen molar-refractivity contribution in [2.45, 2.75) is 70.8 Å². The number of quaternary nitrogens is 1. The molecule has 1 N–H and O–H groups in total. The predicted molar refractivity (Wildman–Crippen MR) is 109 cm³/mol. The number of hydrogen-bond acceptors (Lipinski definition) is 1. The number of benzene rings is 1. The lowest BCUT2D eigenvalue weighted by atomic mass is 9.68. The van der Waals surface area contributed by atoms with Crippen molar-refractivity contribution in [3.8, 4) is 11.8 Å². The average Bonchev–Trinajstić information content (AvgIpc) is 3.11. The summed E-state index contributed by atoms with van der Waals surface area (Å²) in [6, 6.07) is 10.2. The fourth-order valence-corrected chi connectivity index (χ4v) is 5.22. The first-order chi connectivity index (χ1) is 12.5. The van der Waals surface area contributed by atoms with Gasteiger partial charge in [0, 0.05) is 5.41 Å². The third kappa shape index (κ3) is 3.85. The normalized spacial score (nSPS) is 23.7. The Balaban J connectivity index is 1.88. The van der Waals surface area contributed by atoms with Crippen LogP contribution in [0.2, 0.25) is 0 Å². The first-order valence-electron chi connectivity index (χ1n) is 10.7. The summed E-state index contributed by atoms with van der Waals surface area (Å²) < 4.78 is 1.13. The van der Waals surface area contributed by atoms with E-state index in [1.54, 1.807) is 0 Å². The van der Waals surface area contributed by atoms with E-state index in [-0.39, 0.29) is 5.41 Å². The molecule has 1 heterocycles. The van der Waals surface area contributed by atoms with Gasteiger partial charge in [0.25, 0.3) is 0 Å². The molecule has 1 aliphatic carbocycles. The topological polar surface area (TPSA) is 20.2 Å². The molecule has 1 saturated heterocycles. The van der Waals surface area contributed by atoms with Crippen molar-refractivity contribution in [2.75, 3.05) is 26.2 Å². The molecule has 2 aliphatic rings. The Morgan fingerprint density at radius 2 is 1.69 bits per heavy atom. The van der Waals surface area contributed by atoms with Crippen LogP contribution in [0.25, 0.3) is 0 Å². The zero-order valence-corrected chi connectivity index (χ0v) is 16.8. The minimum Gasteiger partial charge on any atom is -0.373 e. The van der Waals surface area contributed by atoms with Gasteiger partial charge in [-0.05, 0) is 50.0 Å². The lowest BCUT2D eigenvalue weighted by molar-refractivity contribution is -0.926. The summed E-state index contributed by atoms with van der Waals surface area (Å²) in [5.74, 6) is 6.91. The summed E-state index contributed by atoms with van der Waals surface area (Å²) in [5, 5.41) is 11.8. The maximum absolute atomic E-state index is 11.8. The maximum atomic E-state index is 11.8. The van der Waals surface area contributed by atoms with Crippen LogP contribution in [0.4, 0.5) is 0 Å². The van der Waals surface area contributed by atoms with Crippen LogP contribution < -0.4 is 0 Å². The van der Waals surface area contributed by atoms with Gasteiger partial charge in [-0.2, -0.15) is 0 Å². The van der Waals surface area contributed by atoms with E-state index in [2.05, 4.69) is 37.8 Å². The Labute approximate surface area is 160 Å². The Hall–Kier alpha value is -1.30. The van der Waals surface area contributed by atoms with Crippen molar-refractivity contribution >= 4 is 0 Å². The molecule has 142 valence electrons. The zero-order valence-electron chi connectivity index (χ0n) is 16.8. The van der Waals surface area contributed by atoms with E-state index in [4.69, 9.17) is 0 Å². The van der Waals surface area contributed by atoms with Gasteiger partial charge in [-0.3, -0.25) is 0 Å². The molecule has 1 aromatic rings. The maximum Gasteiger partial charge on any atom is 0.156 e. The molecule has 1 unspecified atom stereocenters. The molecule has 0 amide bonds. The summed E-state index contributed by atoms with van der Waals surface area (Å²) in [6.45, 7) is 9.13. The molecular formula is C24H36NO+. The largest absolute Gasteiger partial charge is 0.373 e. The molecule has 26 heavy (non-hydrogen) atoms. The molecule has 3 rings (SSSR count). The molecule has 1 saturated carbocycles. The zero-order chi connectivity index (χ0) is 18.5. The second-order valence-corrected chi connectivity index (χ2v) is 8.88. The number of rotatable bonds is 5. The van der Waals surface area contributed by atoms with E-state index in [9.17, 15) is 5.11 Å². The first kappa shape index (κ1) is 19.5. The third-order valence-electron chi connectivity index (χ3n) is 6.92. The standard InChI is InChI=1S/C24H36NO/c1-3-18-25(19-10-5-11-20-25)21-12-17-24(26,22-13-6-4-7-14-22)23(2)15-8-9-16-23/h4,6-7,13-14,26H,3,5,8-11,15-16,18-21H2,1-2H3/q+1. The van der Waals surface area contributed by atoms with Crippen LogP contribution in [0.15, 0.2) is 30.3 Å². The van der Waals surface area contributed by atoms with Gasteiger partial charge in [-0.25, -0.2) is 0 Å². The molecule has 1 aromatic carbocycles.